The summed E-state index contributed by atoms with van der Waals surface area (Å²) in [6.07, 6.45) is 5.79. The first-order chi connectivity index (χ1) is 23.1. The van der Waals surface area contributed by atoms with Crippen LogP contribution in [0.1, 0.15) is 68.3 Å². The second kappa shape index (κ2) is 15.5. The molecule has 250 valence electrons. The molecule has 0 aromatic heterocycles. The molecular formula is C39H41F2N3O4. The number of allylic oxidation sites excluding steroid dienone is 1. The number of benzene rings is 3. The Bertz CT molecular complexity index is 1680. The first-order valence-electron chi connectivity index (χ1n) is 16.3. The predicted octanol–water partition coefficient (Wildman–Crippen LogP) is 6.64. The highest BCUT2D eigenvalue weighted by Crippen LogP contribution is 2.41. The Morgan fingerprint density at radius 1 is 0.938 bits per heavy atom. The molecule has 1 fully saturated rings. The second-order valence-corrected chi connectivity index (χ2v) is 12.2. The molecule has 0 spiro atoms. The molecule has 2 aliphatic heterocycles. The summed E-state index contributed by atoms with van der Waals surface area (Å²) in [7, 11) is 0. The van der Waals surface area contributed by atoms with E-state index in [0.717, 1.165) is 11.1 Å². The molecule has 5 rings (SSSR count). The molecule has 0 N–H and O–H groups in total. The predicted molar refractivity (Wildman–Crippen MR) is 181 cm³/mol. The molecule has 0 amide bonds. The van der Waals surface area contributed by atoms with E-state index in [1.54, 1.807) is 44.2 Å². The lowest BCUT2D eigenvalue weighted by molar-refractivity contribution is -0.155. The van der Waals surface area contributed by atoms with E-state index in [1.165, 1.54) is 24.3 Å². The van der Waals surface area contributed by atoms with Gasteiger partial charge in [0.15, 0.2) is 6.23 Å². The Morgan fingerprint density at radius 3 is 2.08 bits per heavy atom. The van der Waals surface area contributed by atoms with Crippen molar-refractivity contribution in [3.8, 4) is 12.3 Å². The second-order valence-electron chi connectivity index (χ2n) is 12.2. The van der Waals surface area contributed by atoms with Gasteiger partial charge >= 0.3 is 11.9 Å². The van der Waals surface area contributed by atoms with Crippen molar-refractivity contribution >= 4 is 17.7 Å². The Labute approximate surface area is 281 Å². The maximum Gasteiger partial charge on any atom is 0.338 e. The van der Waals surface area contributed by atoms with Gasteiger partial charge in [-0.15, -0.1) is 6.42 Å². The van der Waals surface area contributed by atoms with Gasteiger partial charge in [-0.25, -0.2) is 13.6 Å². The smallest absolute Gasteiger partial charge is 0.338 e. The minimum atomic E-state index is -0.815. The molecule has 3 aromatic rings. The summed E-state index contributed by atoms with van der Waals surface area (Å²) in [5.74, 6) is -0.518. The van der Waals surface area contributed by atoms with Gasteiger partial charge in [-0.05, 0) is 80.3 Å². The molecule has 0 aliphatic carbocycles. The minimum Gasteiger partial charge on any atom is -0.465 e. The lowest BCUT2D eigenvalue weighted by atomic mass is 9.75. The third-order valence-corrected chi connectivity index (χ3v) is 9.04. The van der Waals surface area contributed by atoms with Gasteiger partial charge in [-0.3, -0.25) is 19.6 Å². The van der Waals surface area contributed by atoms with Gasteiger partial charge in [0.25, 0.3) is 0 Å². The largest absolute Gasteiger partial charge is 0.465 e. The quantitative estimate of drug-likeness (QED) is 0.181. The van der Waals surface area contributed by atoms with E-state index < -0.39 is 30.0 Å². The Balaban J connectivity index is 1.35. The highest BCUT2D eigenvalue weighted by molar-refractivity contribution is 6.07. The third-order valence-electron chi connectivity index (χ3n) is 9.04. The first-order valence-corrected chi connectivity index (χ1v) is 16.3. The van der Waals surface area contributed by atoms with Crippen molar-refractivity contribution in [2.45, 2.75) is 52.3 Å². The number of esters is 2. The zero-order valence-electron chi connectivity index (χ0n) is 27.8. The number of halogens is 2. The maximum absolute atomic E-state index is 14.0. The van der Waals surface area contributed by atoms with E-state index >= 15 is 0 Å². The highest BCUT2D eigenvalue weighted by atomic mass is 19.1. The standard InChI is InChI=1S/C39H41F2N3O4/c1-6-23-47-38(45)34-25(3)42-26(4)35(36(34)31-10-8-9-28(7-2)24-31)39(46)48-27(5)43-19-21-44(22-20-43)37(29-11-15-32(40)16-12-29)30-13-17-33(41)18-14-30/h2,8-18,24,27,34,36-37H,6,19-23H2,1,3-5H3. The summed E-state index contributed by atoms with van der Waals surface area (Å²) in [5.41, 5.74) is 4.47. The maximum atomic E-state index is 14.0. The molecule has 0 bridgehead atoms. The number of nitrogens with zero attached hydrogens (tertiary/aromatic N) is 3. The normalized spacial score (nSPS) is 19.4. The van der Waals surface area contributed by atoms with Crippen LogP contribution in [0.4, 0.5) is 8.78 Å². The summed E-state index contributed by atoms with van der Waals surface area (Å²) >= 11 is 0. The van der Waals surface area contributed by atoms with Gasteiger partial charge in [0.1, 0.15) is 17.6 Å². The number of carbonyl (C=O) groups excluding carboxylic acids is 2. The van der Waals surface area contributed by atoms with Crippen molar-refractivity contribution in [2.24, 2.45) is 10.9 Å². The van der Waals surface area contributed by atoms with Gasteiger partial charge < -0.3 is 9.47 Å². The molecule has 3 aromatic carbocycles. The third kappa shape index (κ3) is 7.73. The molecule has 0 radical (unpaired) electrons. The molecule has 2 aliphatic rings. The molecular weight excluding hydrogens is 612 g/mol. The number of hydrogen-bond acceptors (Lipinski definition) is 7. The van der Waals surface area contributed by atoms with Crippen LogP contribution >= 0.6 is 0 Å². The van der Waals surface area contributed by atoms with E-state index in [9.17, 15) is 18.4 Å². The van der Waals surface area contributed by atoms with Crippen LogP contribution in [0, 0.1) is 29.9 Å². The zero-order valence-corrected chi connectivity index (χ0v) is 27.8. The average molecular weight is 654 g/mol. The SMILES string of the molecule is C#Cc1cccc(C2C(C(=O)OC(C)N3CCN(C(c4ccc(F)cc4)c4ccc(F)cc4)CC3)=C(C)N=C(C)C2C(=O)OCCC)c1. The van der Waals surface area contributed by atoms with E-state index in [-0.39, 0.29) is 24.3 Å². The zero-order chi connectivity index (χ0) is 34.4. The van der Waals surface area contributed by atoms with Gasteiger partial charge in [0.2, 0.25) is 0 Å². The Hall–Kier alpha value is -4.65. The minimum absolute atomic E-state index is 0.203. The Kier molecular flexibility index (Phi) is 11.2. The Morgan fingerprint density at radius 2 is 1.52 bits per heavy atom. The van der Waals surface area contributed by atoms with Crippen molar-refractivity contribution in [2.75, 3.05) is 32.8 Å². The van der Waals surface area contributed by atoms with Crippen LogP contribution in [-0.4, -0.2) is 66.5 Å². The van der Waals surface area contributed by atoms with Gasteiger partial charge in [-0.1, -0.05) is 49.2 Å². The molecule has 3 atom stereocenters. The van der Waals surface area contributed by atoms with Crippen LogP contribution in [-0.2, 0) is 19.1 Å². The van der Waals surface area contributed by atoms with Crippen LogP contribution in [0.3, 0.4) is 0 Å². The fourth-order valence-electron chi connectivity index (χ4n) is 6.64. The fraction of sp³-hybridized carbons (Fsp3) is 0.359. The molecule has 1 saturated heterocycles. The van der Waals surface area contributed by atoms with Gasteiger partial charge in [0, 0.05) is 49.1 Å². The summed E-state index contributed by atoms with van der Waals surface area (Å²) in [4.78, 5) is 36.4. The molecule has 7 nitrogen and oxygen atoms in total. The average Bonchev–Trinajstić information content (AvgIpc) is 3.08. The van der Waals surface area contributed by atoms with Gasteiger partial charge in [0.05, 0.1) is 18.2 Å². The molecule has 0 saturated carbocycles. The van der Waals surface area contributed by atoms with Crippen molar-refractivity contribution in [3.05, 3.63) is 118 Å². The topological polar surface area (TPSA) is 71.4 Å². The summed E-state index contributed by atoms with van der Waals surface area (Å²) < 4.78 is 39.2. The number of aliphatic imine (C=N–C) groups is 1. The van der Waals surface area contributed by atoms with Crippen molar-refractivity contribution in [3.63, 3.8) is 0 Å². The first kappa shape index (κ1) is 34.7. The highest BCUT2D eigenvalue weighted by Gasteiger charge is 2.43. The van der Waals surface area contributed by atoms with Crippen molar-refractivity contribution in [1.29, 1.82) is 0 Å². The van der Waals surface area contributed by atoms with Crippen LogP contribution in [0.2, 0.25) is 0 Å². The molecule has 9 heteroatoms. The lowest BCUT2D eigenvalue weighted by Crippen LogP contribution is -2.51. The number of carbonyl (C=O) groups is 2. The van der Waals surface area contributed by atoms with Crippen molar-refractivity contribution < 1.29 is 27.8 Å². The lowest BCUT2D eigenvalue weighted by Gasteiger charge is -2.41. The van der Waals surface area contributed by atoms with Gasteiger partial charge in [-0.2, -0.15) is 0 Å². The summed E-state index contributed by atoms with van der Waals surface area (Å²) in [6.45, 7) is 9.95. The van der Waals surface area contributed by atoms with E-state index in [4.69, 9.17) is 15.9 Å². The summed E-state index contributed by atoms with van der Waals surface area (Å²) in [5, 5.41) is 0. The van der Waals surface area contributed by atoms with Crippen LogP contribution in [0.5, 0.6) is 0 Å². The van der Waals surface area contributed by atoms with Crippen LogP contribution in [0.25, 0.3) is 0 Å². The summed E-state index contributed by atoms with van der Waals surface area (Å²) in [6, 6.07) is 19.8. The van der Waals surface area contributed by atoms with Crippen LogP contribution in [0.15, 0.2) is 89.1 Å². The number of terminal acetylenes is 1. The molecule has 2 heterocycles. The number of ether oxygens (including phenoxy) is 2. The monoisotopic (exact) mass is 653 g/mol. The van der Waals surface area contributed by atoms with E-state index in [1.807, 2.05) is 32.0 Å². The fourth-order valence-corrected chi connectivity index (χ4v) is 6.64. The number of hydrogen-bond donors (Lipinski definition) is 0. The van der Waals surface area contributed by atoms with Crippen LogP contribution < -0.4 is 0 Å². The molecule has 48 heavy (non-hydrogen) atoms. The van der Waals surface area contributed by atoms with E-state index in [2.05, 4.69) is 20.7 Å². The van der Waals surface area contributed by atoms with E-state index in [0.29, 0.717) is 60.7 Å². The number of piperazine rings is 1. The van der Waals surface area contributed by atoms with Crippen molar-refractivity contribution in [1.82, 2.24) is 9.80 Å². The molecule has 3 unspecified atom stereocenters. The number of rotatable bonds is 10.